The van der Waals surface area contributed by atoms with Crippen molar-refractivity contribution < 1.29 is 14.1 Å². The number of nitrogens with one attached hydrogen (secondary N) is 1. The summed E-state index contributed by atoms with van der Waals surface area (Å²) >= 11 is 0. The summed E-state index contributed by atoms with van der Waals surface area (Å²) in [5, 5.41) is 13.6. The molecule has 0 spiro atoms. The fraction of sp³-hybridized carbons (Fsp3) is 0.500. The van der Waals surface area contributed by atoms with E-state index >= 15 is 0 Å². The Morgan fingerprint density at radius 2 is 2.22 bits per heavy atom. The Bertz CT molecular complexity index is 438. The lowest BCUT2D eigenvalue weighted by atomic mass is 10.1. The van der Waals surface area contributed by atoms with Crippen molar-refractivity contribution >= 4 is 11.4 Å². The lowest BCUT2D eigenvalue weighted by molar-refractivity contribution is -0.385. The van der Waals surface area contributed by atoms with E-state index in [4.69, 9.17) is 4.74 Å². The second-order valence-corrected chi connectivity index (χ2v) is 4.16. The van der Waals surface area contributed by atoms with Crippen LogP contribution in [0.25, 0.3) is 0 Å². The van der Waals surface area contributed by atoms with Gasteiger partial charge >= 0.3 is 5.69 Å². The quantitative estimate of drug-likeness (QED) is 0.627. The molecule has 0 fully saturated rings. The van der Waals surface area contributed by atoms with Gasteiger partial charge in [-0.2, -0.15) is 0 Å². The first kappa shape index (κ1) is 14.2. The second-order valence-electron chi connectivity index (χ2n) is 4.16. The van der Waals surface area contributed by atoms with Gasteiger partial charge in [0.25, 0.3) is 0 Å². The molecule has 18 heavy (non-hydrogen) atoms. The van der Waals surface area contributed by atoms with E-state index in [9.17, 15) is 14.5 Å². The topological polar surface area (TPSA) is 64.4 Å². The van der Waals surface area contributed by atoms with Crippen LogP contribution in [0.2, 0.25) is 0 Å². The third-order valence-corrected chi connectivity index (χ3v) is 2.80. The van der Waals surface area contributed by atoms with Gasteiger partial charge in [0, 0.05) is 12.6 Å². The van der Waals surface area contributed by atoms with Crippen molar-refractivity contribution in [3.63, 3.8) is 0 Å². The predicted octanol–water partition coefficient (Wildman–Crippen LogP) is 3.20. The number of nitrogens with zero attached hydrogens (tertiary/aromatic N) is 1. The first-order valence-electron chi connectivity index (χ1n) is 5.75. The van der Waals surface area contributed by atoms with Crippen molar-refractivity contribution in [1.29, 1.82) is 0 Å². The van der Waals surface area contributed by atoms with Crippen molar-refractivity contribution in [3.05, 3.63) is 28.1 Å². The summed E-state index contributed by atoms with van der Waals surface area (Å²) in [5.74, 6) is -0.204. The smallest absolute Gasteiger partial charge is 0.313 e. The normalized spacial score (nSPS) is 12.0. The molecule has 1 rings (SSSR count). The zero-order valence-corrected chi connectivity index (χ0v) is 10.7. The van der Waals surface area contributed by atoms with Crippen molar-refractivity contribution in [1.82, 2.24) is 0 Å². The summed E-state index contributed by atoms with van der Waals surface area (Å²) < 4.78 is 18.5. The molecular weight excluding hydrogens is 239 g/mol. The van der Waals surface area contributed by atoms with Gasteiger partial charge in [-0.05, 0) is 5.92 Å². The van der Waals surface area contributed by atoms with Crippen LogP contribution in [0.1, 0.15) is 20.3 Å². The Labute approximate surface area is 105 Å². The van der Waals surface area contributed by atoms with Crippen LogP contribution < -0.4 is 10.1 Å². The Hall–Kier alpha value is -1.85. The van der Waals surface area contributed by atoms with Crippen LogP contribution in [0.15, 0.2) is 12.1 Å². The number of hydrogen-bond acceptors (Lipinski definition) is 4. The van der Waals surface area contributed by atoms with Crippen LogP contribution >= 0.6 is 0 Å². The summed E-state index contributed by atoms with van der Waals surface area (Å²) in [6.07, 6.45) is 0.971. The molecule has 5 nitrogen and oxygen atoms in total. The maximum atomic E-state index is 13.7. The highest BCUT2D eigenvalue weighted by atomic mass is 19.1. The molecule has 0 aliphatic carbocycles. The van der Waals surface area contributed by atoms with E-state index in [1.807, 2.05) is 13.8 Å². The Morgan fingerprint density at radius 3 is 2.72 bits per heavy atom. The van der Waals surface area contributed by atoms with Gasteiger partial charge in [0.05, 0.1) is 23.8 Å². The number of ether oxygens (including phenoxy) is 1. The minimum atomic E-state index is -0.666. The Kier molecular flexibility index (Phi) is 4.88. The second kappa shape index (κ2) is 6.18. The molecule has 0 bridgehead atoms. The number of benzene rings is 1. The lowest BCUT2D eigenvalue weighted by Gasteiger charge is -2.13. The van der Waals surface area contributed by atoms with Crippen LogP contribution in [0.3, 0.4) is 0 Å². The number of anilines is 1. The fourth-order valence-electron chi connectivity index (χ4n) is 1.41. The van der Waals surface area contributed by atoms with Crippen LogP contribution in [-0.4, -0.2) is 18.6 Å². The largest absolute Gasteiger partial charge is 0.490 e. The van der Waals surface area contributed by atoms with Gasteiger partial charge < -0.3 is 10.1 Å². The molecule has 1 unspecified atom stereocenters. The van der Waals surface area contributed by atoms with Gasteiger partial charge in [0.1, 0.15) is 0 Å². The summed E-state index contributed by atoms with van der Waals surface area (Å²) in [6, 6.07) is 2.19. The fourth-order valence-corrected chi connectivity index (χ4v) is 1.41. The highest BCUT2D eigenvalue weighted by molar-refractivity contribution is 5.59. The molecule has 1 atom stereocenters. The van der Waals surface area contributed by atoms with Crippen LogP contribution in [0, 0.1) is 21.8 Å². The van der Waals surface area contributed by atoms with E-state index in [1.165, 1.54) is 13.2 Å². The third-order valence-electron chi connectivity index (χ3n) is 2.80. The molecule has 0 heterocycles. The molecule has 1 aromatic carbocycles. The molecule has 0 saturated carbocycles. The van der Waals surface area contributed by atoms with E-state index in [2.05, 4.69) is 5.32 Å². The standard InChI is InChI=1S/C12H17FN2O3/c1-4-8(2)7-14-10-6-12(18-3)11(15(16)17)5-9(10)13/h5-6,8,14H,4,7H2,1-3H3. The number of halogens is 1. The molecule has 1 aromatic rings. The monoisotopic (exact) mass is 256 g/mol. The number of nitro benzene ring substituents is 1. The molecule has 0 amide bonds. The number of nitro groups is 1. The molecular formula is C12H17FN2O3. The molecule has 0 radical (unpaired) electrons. The van der Waals surface area contributed by atoms with Gasteiger partial charge in [-0.3, -0.25) is 10.1 Å². The average molecular weight is 256 g/mol. The van der Waals surface area contributed by atoms with E-state index in [1.54, 1.807) is 0 Å². The molecule has 0 saturated heterocycles. The molecule has 100 valence electrons. The van der Waals surface area contributed by atoms with E-state index in [0.717, 1.165) is 12.5 Å². The van der Waals surface area contributed by atoms with E-state index in [0.29, 0.717) is 12.5 Å². The van der Waals surface area contributed by atoms with Crippen molar-refractivity contribution in [3.8, 4) is 5.75 Å². The maximum absolute atomic E-state index is 13.7. The predicted molar refractivity (Wildman–Crippen MR) is 67.6 cm³/mol. The SMILES string of the molecule is CCC(C)CNc1cc(OC)c([N+](=O)[O-])cc1F. The van der Waals surface area contributed by atoms with Gasteiger partial charge in [-0.25, -0.2) is 4.39 Å². The molecule has 0 aliphatic rings. The van der Waals surface area contributed by atoms with Gasteiger partial charge in [-0.1, -0.05) is 20.3 Å². The molecule has 0 aromatic heterocycles. The van der Waals surface area contributed by atoms with Crippen molar-refractivity contribution in [2.24, 2.45) is 5.92 Å². The van der Waals surface area contributed by atoms with Gasteiger partial charge in [0.2, 0.25) is 0 Å². The number of methoxy groups -OCH3 is 1. The van der Waals surface area contributed by atoms with E-state index in [-0.39, 0.29) is 17.1 Å². The lowest BCUT2D eigenvalue weighted by Crippen LogP contribution is -2.11. The Morgan fingerprint density at radius 1 is 1.56 bits per heavy atom. The molecule has 6 heteroatoms. The zero-order valence-electron chi connectivity index (χ0n) is 10.7. The minimum absolute atomic E-state index is 0.0491. The first-order valence-corrected chi connectivity index (χ1v) is 5.75. The maximum Gasteiger partial charge on any atom is 0.313 e. The summed E-state index contributed by atoms with van der Waals surface area (Å²) in [4.78, 5) is 10.0. The minimum Gasteiger partial charge on any atom is -0.490 e. The van der Waals surface area contributed by atoms with Crippen LogP contribution in [0.5, 0.6) is 5.75 Å². The van der Waals surface area contributed by atoms with Gasteiger partial charge in [-0.15, -0.1) is 0 Å². The zero-order chi connectivity index (χ0) is 13.7. The highest BCUT2D eigenvalue weighted by Gasteiger charge is 2.19. The first-order chi connectivity index (χ1) is 8.49. The van der Waals surface area contributed by atoms with Crippen LogP contribution in [-0.2, 0) is 0 Å². The molecule has 1 N–H and O–H groups in total. The number of rotatable bonds is 6. The summed E-state index contributed by atoms with van der Waals surface area (Å²) in [5.41, 5.74) is -0.151. The van der Waals surface area contributed by atoms with Crippen molar-refractivity contribution in [2.45, 2.75) is 20.3 Å². The average Bonchev–Trinajstić information content (AvgIpc) is 2.36. The van der Waals surface area contributed by atoms with Gasteiger partial charge in [0.15, 0.2) is 11.6 Å². The summed E-state index contributed by atoms with van der Waals surface area (Å²) in [7, 11) is 1.32. The number of hydrogen-bond donors (Lipinski definition) is 1. The third kappa shape index (κ3) is 3.32. The van der Waals surface area contributed by atoms with Crippen molar-refractivity contribution in [2.75, 3.05) is 19.0 Å². The Balaban J connectivity index is 2.97. The highest BCUT2D eigenvalue weighted by Crippen LogP contribution is 2.32. The van der Waals surface area contributed by atoms with E-state index < -0.39 is 10.7 Å². The van der Waals surface area contributed by atoms with Crippen LogP contribution in [0.4, 0.5) is 15.8 Å². The summed E-state index contributed by atoms with van der Waals surface area (Å²) in [6.45, 7) is 4.68. The molecule has 0 aliphatic heterocycles.